The summed E-state index contributed by atoms with van der Waals surface area (Å²) in [7, 11) is 1.30. The van der Waals surface area contributed by atoms with Gasteiger partial charge in [0, 0.05) is 12.1 Å². The molecular weight excluding hydrogens is 290 g/mol. The summed E-state index contributed by atoms with van der Waals surface area (Å²) in [4.78, 5) is 14.2. The SMILES string of the molecule is COC(=O)c1sc(N2C3CCC2CC(O)C3)c(C#N)c1N. The lowest BCUT2D eigenvalue weighted by Gasteiger charge is -2.38. The van der Waals surface area contributed by atoms with E-state index in [9.17, 15) is 15.2 Å². The molecule has 0 amide bonds. The number of hydrogen-bond donors (Lipinski definition) is 2. The number of carbonyl (C=O) groups excluding carboxylic acids is 1. The molecule has 3 N–H and O–H groups in total. The minimum Gasteiger partial charge on any atom is -0.465 e. The van der Waals surface area contributed by atoms with E-state index in [4.69, 9.17) is 10.5 Å². The van der Waals surface area contributed by atoms with Crippen LogP contribution >= 0.6 is 11.3 Å². The first-order chi connectivity index (χ1) is 10.1. The van der Waals surface area contributed by atoms with E-state index in [0.29, 0.717) is 18.4 Å². The van der Waals surface area contributed by atoms with Gasteiger partial charge in [0.25, 0.3) is 0 Å². The minimum absolute atomic E-state index is 0.204. The summed E-state index contributed by atoms with van der Waals surface area (Å²) >= 11 is 1.22. The number of aliphatic hydroxyl groups excluding tert-OH is 1. The second-order valence-corrected chi connectivity index (χ2v) is 6.54. The van der Waals surface area contributed by atoms with Crippen molar-refractivity contribution in [2.24, 2.45) is 0 Å². The molecule has 0 spiro atoms. The fourth-order valence-corrected chi connectivity index (χ4v) is 4.68. The zero-order chi connectivity index (χ0) is 15.1. The molecule has 0 aliphatic carbocycles. The van der Waals surface area contributed by atoms with Crippen LogP contribution in [0.15, 0.2) is 0 Å². The molecule has 2 unspecified atom stereocenters. The number of thiophene rings is 1. The number of esters is 1. The average Bonchev–Trinajstić information content (AvgIpc) is 2.92. The zero-order valence-corrected chi connectivity index (χ0v) is 12.5. The van der Waals surface area contributed by atoms with E-state index in [2.05, 4.69) is 11.0 Å². The number of aliphatic hydroxyl groups is 1. The van der Waals surface area contributed by atoms with Crippen molar-refractivity contribution in [3.8, 4) is 6.07 Å². The van der Waals surface area contributed by atoms with Crippen LogP contribution in [0.1, 0.15) is 40.9 Å². The second kappa shape index (κ2) is 5.20. The topological polar surface area (TPSA) is 99.6 Å². The Balaban J connectivity index is 2.03. The molecule has 2 saturated heterocycles. The van der Waals surface area contributed by atoms with Crippen molar-refractivity contribution in [2.45, 2.75) is 43.9 Å². The summed E-state index contributed by atoms with van der Waals surface area (Å²) in [5.41, 5.74) is 6.51. The van der Waals surface area contributed by atoms with Crippen molar-refractivity contribution in [3.63, 3.8) is 0 Å². The van der Waals surface area contributed by atoms with E-state index in [1.54, 1.807) is 0 Å². The van der Waals surface area contributed by atoms with E-state index >= 15 is 0 Å². The van der Waals surface area contributed by atoms with Crippen LogP contribution in [-0.2, 0) is 4.74 Å². The Bertz CT molecular complexity index is 608. The van der Waals surface area contributed by atoms with E-state index < -0.39 is 5.97 Å². The number of rotatable bonds is 2. The molecule has 3 rings (SSSR count). The molecular formula is C14H17N3O3S. The number of fused-ring (bicyclic) bond motifs is 2. The molecule has 21 heavy (non-hydrogen) atoms. The summed E-state index contributed by atoms with van der Waals surface area (Å²) in [5, 5.41) is 20.0. The molecule has 112 valence electrons. The summed E-state index contributed by atoms with van der Waals surface area (Å²) < 4.78 is 4.73. The van der Waals surface area contributed by atoms with E-state index in [-0.39, 0.29) is 28.8 Å². The maximum atomic E-state index is 11.8. The first kappa shape index (κ1) is 14.2. The van der Waals surface area contributed by atoms with Gasteiger partial charge in [0.2, 0.25) is 0 Å². The van der Waals surface area contributed by atoms with Crippen molar-refractivity contribution in [3.05, 3.63) is 10.4 Å². The van der Waals surface area contributed by atoms with E-state index in [1.165, 1.54) is 18.4 Å². The molecule has 1 aromatic rings. The first-order valence-corrected chi connectivity index (χ1v) is 7.75. The summed E-state index contributed by atoms with van der Waals surface area (Å²) in [6.07, 6.45) is 3.12. The number of hydrogen-bond acceptors (Lipinski definition) is 7. The van der Waals surface area contributed by atoms with Crippen LogP contribution in [0.5, 0.6) is 0 Å². The second-order valence-electron chi connectivity index (χ2n) is 5.55. The van der Waals surface area contributed by atoms with Crippen molar-refractivity contribution in [2.75, 3.05) is 17.7 Å². The molecule has 0 saturated carbocycles. The monoisotopic (exact) mass is 307 g/mol. The van der Waals surface area contributed by atoms with E-state index in [0.717, 1.165) is 17.8 Å². The lowest BCUT2D eigenvalue weighted by molar-refractivity contribution is 0.0607. The number of carbonyl (C=O) groups is 1. The molecule has 7 heteroatoms. The lowest BCUT2D eigenvalue weighted by Crippen LogP contribution is -2.44. The molecule has 2 aliphatic heterocycles. The van der Waals surface area contributed by atoms with Gasteiger partial charge in [-0.25, -0.2) is 4.79 Å². The smallest absolute Gasteiger partial charge is 0.350 e. The fourth-order valence-electron chi connectivity index (χ4n) is 3.45. The molecule has 1 aromatic heterocycles. The van der Waals surface area contributed by atoms with Crippen LogP contribution in [-0.4, -0.2) is 36.4 Å². The number of anilines is 2. The molecule has 2 aliphatic rings. The average molecular weight is 307 g/mol. The van der Waals surface area contributed by atoms with Gasteiger partial charge >= 0.3 is 5.97 Å². The van der Waals surface area contributed by atoms with Gasteiger partial charge in [-0.05, 0) is 25.7 Å². The van der Waals surface area contributed by atoms with Crippen molar-refractivity contribution in [1.82, 2.24) is 0 Å². The van der Waals surface area contributed by atoms with Gasteiger partial charge in [-0.3, -0.25) is 0 Å². The Hall–Kier alpha value is -1.78. The zero-order valence-electron chi connectivity index (χ0n) is 11.7. The maximum Gasteiger partial charge on any atom is 0.350 e. The molecule has 0 radical (unpaired) electrons. The quantitative estimate of drug-likeness (QED) is 0.803. The number of nitrogens with zero attached hydrogens (tertiary/aromatic N) is 2. The Labute approximate surface area is 126 Å². The van der Waals surface area contributed by atoms with Crippen LogP contribution in [0.25, 0.3) is 0 Å². The Morgan fingerprint density at radius 1 is 1.48 bits per heavy atom. The largest absolute Gasteiger partial charge is 0.465 e. The standard InChI is InChI=1S/C14H17N3O3S/c1-20-14(19)12-11(16)10(6-15)13(21-12)17-7-2-3-8(17)5-9(18)4-7/h7-9,18H,2-5,16H2,1H3. The van der Waals surface area contributed by atoms with Gasteiger partial charge in [0.05, 0.1) is 18.9 Å². The first-order valence-electron chi connectivity index (χ1n) is 6.93. The highest BCUT2D eigenvalue weighted by Crippen LogP contribution is 2.46. The molecule has 2 fully saturated rings. The number of nitriles is 1. The van der Waals surface area contributed by atoms with Gasteiger partial charge in [-0.1, -0.05) is 0 Å². The predicted molar refractivity (Wildman–Crippen MR) is 79.3 cm³/mol. The molecule has 6 nitrogen and oxygen atoms in total. The number of piperidine rings is 1. The van der Waals surface area contributed by atoms with Crippen LogP contribution < -0.4 is 10.6 Å². The van der Waals surface area contributed by atoms with Crippen LogP contribution in [0.3, 0.4) is 0 Å². The number of ether oxygens (including phenoxy) is 1. The van der Waals surface area contributed by atoms with Gasteiger partial charge in [-0.2, -0.15) is 5.26 Å². The Morgan fingerprint density at radius 2 is 2.10 bits per heavy atom. The lowest BCUT2D eigenvalue weighted by atomic mass is 10.00. The van der Waals surface area contributed by atoms with E-state index in [1.807, 2.05) is 0 Å². The van der Waals surface area contributed by atoms with Gasteiger partial charge in [0.1, 0.15) is 21.5 Å². The number of nitrogens with two attached hydrogens (primary N) is 1. The Morgan fingerprint density at radius 3 is 2.62 bits per heavy atom. The number of methoxy groups -OCH3 is 1. The predicted octanol–water partition coefficient (Wildman–Crippen LogP) is 1.48. The third-order valence-electron chi connectivity index (χ3n) is 4.35. The highest BCUT2D eigenvalue weighted by atomic mass is 32.1. The highest BCUT2D eigenvalue weighted by Gasteiger charge is 2.42. The Kier molecular flexibility index (Phi) is 3.51. The van der Waals surface area contributed by atoms with Crippen molar-refractivity contribution < 1.29 is 14.6 Å². The van der Waals surface area contributed by atoms with Crippen LogP contribution in [0.4, 0.5) is 10.7 Å². The van der Waals surface area contributed by atoms with Gasteiger partial charge in [0.15, 0.2) is 0 Å². The van der Waals surface area contributed by atoms with Gasteiger partial charge in [-0.15, -0.1) is 11.3 Å². The summed E-state index contributed by atoms with van der Waals surface area (Å²) in [6.45, 7) is 0. The normalized spacial score (nSPS) is 27.5. The molecule has 2 bridgehead atoms. The van der Waals surface area contributed by atoms with Crippen LogP contribution in [0, 0.1) is 11.3 Å². The van der Waals surface area contributed by atoms with Gasteiger partial charge < -0.3 is 20.5 Å². The number of nitrogen functional groups attached to an aromatic ring is 1. The summed E-state index contributed by atoms with van der Waals surface area (Å²) in [5.74, 6) is -0.510. The molecule has 0 aromatic carbocycles. The maximum absolute atomic E-state index is 11.8. The fraction of sp³-hybridized carbons (Fsp3) is 0.571. The highest BCUT2D eigenvalue weighted by molar-refractivity contribution is 7.18. The third-order valence-corrected chi connectivity index (χ3v) is 5.55. The van der Waals surface area contributed by atoms with Crippen LogP contribution in [0.2, 0.25) is 0 Å². The minimum atomic E-state index is -0.510. The van der Waals surface area contributed by atoms with Crippen molar-refractivity contribution in [1.29, 1.82) is 5.26 Å². The third kappa shape index (κ3) is 2.15. The van der Waals surface area contributed by atoms with Crippen molar-refractivity contribution >= 4 is 28.0 Å². The molecule has 3 heterocycles. The summed E-state index contributed by atoms with van der Waals surface area (Å²) in [6, 6.07) is 2.55. The molecule has 2 atom stereocenters.